The van der Waals surface area contributed by atoms with Crippen molar-refractivity contribution < 1.29 is 4.79 Å². The predicted octanol–water partition coefficient (Wildman–Crippen LogP) is 2.00. The van der Waals surface area contributed by atoms with Crippen molar-refractivity contribution in [2.24, 2.45) is 5.73 Å². The zero-order chi connectivity index (χ0) is 11.5. The van der Waals surface area contributed by atoms with Crippen LogP contribution in [0.5, 0.6) is 0 Å². The fraction of sp³-hybridized carbons (Fsp3) is 0.545. The summed E-state index contributed by atoms with van der Waals surface area (Å²) in [5, 5.41) is 0. The Morgan fingerprint density at radius 2 is 2.19 bits per heavy atom. The molecule has 5 heteroatoms. The lowest BCUT2D eigenvalue weighted by molar-refractivity contribution is -0.131. The highest BCUT2D eigenvalue weighted by atomic mass is 79.9. The van der Waals surface area contributed by atoms with Crippen molar-refractivity contribution in [3.05, 3.63) is 20.8 Å². The van der Waals surface area contributed by atoms with E-state index in [1.54, 1.807) is 11.3 Å². The first kappa shape index (κ1) is 12.1. The second-order valence-electron chi connectivity index (χ2n) is 4.10. The lowest BCUT2D eigenvalue weighted by Crippen LogP contribution is -2.43. The molecule has 0 aliphatic carbocycles. The molecule has 1 aromatic heterocycles. The third kappa shape index (κ3) is 3.06. The average Bonchev–Trinajstić information content (AvgIpc) is 2.65. The van der Waals surface area contributed by atoms with Gasteiger partial charge in [-0.2, -0.15) is 0 Å². The standard InChI is InChI=1S/C11H15BrN2OS/c12-10-2-1-9(16-10)7-11(15)14-5-3-8(13)4-6-14/h1-2,8H,3-7,13H2. The first-order chi connectivity index (χ1) is 7.65. The second kappa shape index (κ2) is 5.29. The summed E-state index contributed by atoms with van der Waals surface area (Å²) in [5.41, 5.74) is 5.81. The number of nitrogens with two attached hydrogens (primary N) is 1. The zero-order valence-electron chi connectivity index (χ0n) is 8.99. The van der Waals surface area contributed by atoms with Crippen LogP contribution < -0.4 is 5.73 Å². The minimum Gasteiger partial charge on any atom is -0.342 e. The molecule has 0 spiro atoms. The van der Waals surface area contributed by atoms with Gasteiger partial charge in [0.1, 0.15) is 0 Å². The van der Waals surface area contributed by atoms with Crippen LogP contribution in [0, 0.1) is 0 Å². The van der Waals surface area contributed by atoms with E-state index in [4.69, 9.17) is 5.73 Å². The summed E-state index contributed by atoms with van der Waals surface area (Å²) in [5.74, 6) is 0.223. The van der Waals surface area contributed by atoms with Crippen LogP contribution in [0.15, 0.2) is 15.9 Å². The van der Waals surface area contributed by atoms with Crippen molar-refractivity contribution in [3.8, 4) is 0 Å². The molecule has 16 heavy (non-hydrogen) atoms. The van der Waals surface area contributed by atoms with Crippen LogP contribution in [0.1, 0.15) is 17.7 Å². The highest BCUT2D eigenvalue weighted by Crippen LogP contribution is 2.23. The molecule has 1 aliphatic heterocycles. The number of likely N-dealkylation sites (tertiary alicyclic amines) is 1. The van der Waals surface area contributed by atoms with Gasteiger partial charge in [0.05, 0.1) is 10.2 Å². The van der Waals surface area contributed by atoms with Crippen molar-refractivity contribution in [2.45, 2.75) is 25.3 Å². The van der Waals surface area contributed by atoms with Crippen LogP contribution in [0.2, 0.25) is 0 Å². The second-order valence-corrected chi connectivity index (χ2v) is 6.65. The highest BCUT2D eigenvalue weighted by molar-refractivity contribution is 9.11. The van der Waals surface area contributed by atoms with E-state index in [-0.39, 0.29) is 11.9 Å². The number of rotatable bonds is 2. The average molecular weight is 303 g/mol. The molecule has 0 saturated carbocycles. The number of hydrogen-bond acceptors (Lipinski definition) is 3. The summed E-state index contributed by atoms with van der Waals surface area (Å²) in [4.78, 5) is 15.0. The Balaban J connectivity index is 1.88. The summed E-state index contributed by atoms with van der Waals surface area (Å²) in [6.45, 7) is 1.62. The molecule has 0 aromatic carbocycles. The van der Waals surface area contributed by atoms with Gasteiger partial charge in [-0.1, -0.05) is 0 Å². The summed E-state index contributed by atoms with van der Waals surface area (Å²) in [6, 6.07) is 4.27. The third-order valence-corrected chi connectivity index (χ3v) is 4.47. The Kier molecular flexibility index (Phi) is 4.00. The monoisotopic (exact) mass is 302 g/mol. The summed E-state index contributed by atoms with van der Waals surface area (Å²) < 4.78 is 1.08. The minimum absolute atomic E-state index is 0.223. The molecule has 0 bridgehead atoms. The van der Waals surface area contributed by atoms with Gasteiger partial charge in [-0.05, 0) is 40.9 Å². The van der Waals surface area contributed by atoms with Crippen LogP contribution in [-0.4, -0.2) is 29.9 Å². The van der Waals surface area contributed by atoms with E-state index in [1.807, 2.05) is 17.0 Å². The number of halogens is 1. The fourth-order valence-electron chi connectivity index (χ4n) is 1.86. The number of hydrogen-bond donors (Lipinski definition) is 1. The van der Waals surface area contributed by atoms with Gasteiger partial charge in [0.15, 0.2) is 0 Å². The van der Waals surface area contributed by atoms with Gasteiger partial charge in [-0.25, -0.2) is 0 Å². The van der Waals surface area contributed by atoms with E-state index in [0.717, 1.165) is 34.6 Å². The Morgan fingerprint density at radius 1 is 1.50 bits per heavy atom. The predicted molar refractivity (Wildman–Crippen MR) is 69.5 cm³/mol. The van der Waals surface area contributed by atoms with E-state index >= 15 is 0 Å². The van der Waals surface area contributed by atoms with Gasteiger partial charge in [0, 0.05) is 24.0 Å². The number of piperidine rings is 1. The maximum atomic E-state index is 12.0. The Morgan fingerprint density at radius 3 is 2.75 bits per heavy atom. The van der Waals surface area contributed by atoms with Crippen molar-refractivity contribution in [2.75, 3.05) is 13.1 Å². The molecular formula is C11H15BrN2OS. The maximum absolute atomic E-state index is 12.0. The molecule has 0 atom stereocenters. The van der Waals surface area contributed by atoms with Gasteiger partial charge in [0.2, 0.25) is 5.91 Å². The smallest absolute Gasteiger partial charge is 0.227 e. The van der Waals surface area contributed by atoms with Crippen molar-refractivity contribution in [3.63, 3.8) is 0 Å². The fourth-order valence-corrected chi connectivity index (χ4v) is 3.33. The van der Waals surface area contributed by atoms with E-state index in [2.05, 4.69) is 15.9 Å². The van der Waals surface area contributed by atoms with E-state index < -0.39 is 0 Å². The molecule has 1 aliphatic rings. The molecule has 1 aromatic rings. The topological polar surface area (TPSA) is 46.3 Å². The van der Waals surface area contributed by atoms with Crippen LogP contribution in [-0.2, 0) is 11.2 Å². The summed E-state index contributed by atoms with van der Waals surface area (Å²) >= 11 is 5.03. The molecule has 2 heterocycles. The van der Waals surface area contributed by atoms with Crippen LogP contribution in [0.4, 0.5) is 0 Å². The number of amides is 1. The first-order valence-electron chi connectivity index (χ1n) is 5.43. The number of carbonyl (C=O) groups is 1. The molecule has 3 nitrogen and oxygen atoms in total. The Labute approximate surface area is 108 Å². The summed E-state index contributed by atoms with van der Waals surface area (Å²) in [6.07, 6.45) is 2.38. The number of carbonyl (C=O) groups excluding carboxylic acids is 1. The molecule has 2 N–H and O–H groups in total. The molecule has 1 amide bonds. The number of thiophene rings is 1. The zero-order valence-corrected chi connectivity index (χ0v) is 11.4. The summed E-state index contributed by atoms with van der Waals surface area (Å²) in [7, 11) is 0. The van der Waals surface area contributed by atoms with E-state index in [9.17, 15) is 4.79 Å². The number of nitrogens with zero attached hydrogens (tertiary/aromatic N) is 1. The molecule has 0 unspecified atom stereocenters. The van der Waals surface area contributed by atoms with E-state index in [1.165, 1.54) is 0 Å². The Hall–Kier alpha value is -0.390. The molecular weight excluding hydrogens is 288 g/mol. The normalized spacial score (nSPS) is 17.8. The highest BCUT2D eigenvalue weighted by Gasteiger charge is 2.20. The molecule has 88 valence electrons. The molecule has 2 rings (SSSR count). The molecule has 1 saturated heterocycles. The SMILES string of the molecule is NC1CCN(C(=O)Cc2ccc(Br)s2)CC1. The van der Waals surface area contributed by atoms with Gasteiger partial charge < -0.3 is 10.6 Å². The van der Waals surface area contributed by atoms with Crippen LogP contribution >= 0.6 is 27.3 Å². The Bertz CT molecular complexity index is 372. The van der Waals surface area contributed by atoms with Crippen molar-refractivity contribution >= 4 is 33.2 Å². The minimum atomic E-state index is 0.223. The quantitative estimate of drug-likeness (QED) is 0.908. The molecule has 0 radical (unpaired) electrons. The van der Waals surface area contributed by atoms with Crippen LogP contribution in [0.3, 0.4) is 0 Å². The first-order valence-corrected chi connectivity index (χ1v) is 7.03. The molecule has 1 fully saturated rings. The maximum Gasteiger partial charge on any atom is 0.227 e. The van der Waals surface area contributed by atoms with Crippen molar-refractivity contribution in [1.29, 1.82) is 0 Å². The van der Waals surface area contributed by atoms with Gasteiger partial charge in [-0.15, -0.1) is 11.3 Å². The van der Waals surface area contributed by atoms with Gasteiger partial charge >= 0.3 is 0 Å². The van der Waals surface area contributed by atoms with Crippen LogP contribution in [0.25, 0.3) is 0 Å². The third-order valence-electron chi connectivity index (χ3n) is 2.85. The largest absolute Gasteiger partial charge is 0.342 e. The van der Waals surface area contributed by atoms with Gasteiger partial charge in [0.25, 0.3) is 0 Å². The van der Waals surface area contributed by atoms with Gasteiger partial charge in [-0.3, -0.25) is 4.79 Å². The van der Waals surface area contributed by atoms with Crippen molar-refractivity contribution in [1.82, 2.24) is 4.90 Å². The lowest BCUT2D eigenvalue weighted by atomic mass is 10.1. The van der Waals surface area contributed by atoms with E-state index in [0.29, 0.717) is 6.42 Å². The lowest BCUT2D eigenvalue weighted by Gasteiger charge is -2.30.